The first-order chi connectivity index (χ1) is 7.88. The number of phenolic OH excluding ortho intramolecular Hbond substituents is 2. The van der Waals surface area contributed by atoms with E-state index in [0.717, 1.165) is 7.11 Å². The second kappa shape index (κ2) is 4.77. The Bertz CT molecular complexity index is 484. The van der Waals surface area contributed by atoms with Crippen molar-refractivity contribution >= 4 is 11.8 Å². The summed E-state index contributed by atoms with van der Waals surface area (Å²) in [5, 5.41) is 18.2. The summed E-state index contributed by atoms with van der Waals surface area (Å²) in [4.78, 5) is 22.2. The number of benzene rings is 1. The van der Waals surface area contributed by atoms with E-state index in [4.69, 9.17) is 5.11 Å². The van der Waals surface area contributed by atoms with E-state index in [1.165, 1.54) is 0 Å². The highest BCUT2D eigenvalue weighted by Crippen LogP contribution is 2.34. The molecule has 0 atom stereocenters. The Kier molecular flexibility index (Phi) is 3.62. The zero-order valence-corrected chi connectivity index (χ0v) is 8.66. The minimum Gasteiger partial charge on any atom is -0.504 e. The van der Waals surface area contributed by atoms with Gasteiger partial charge in [-0.2, -0.15) is 4.39 Å². The number of halogens is 2. The van der Waals surface area contributed by atoms with Gasteiger partial charge in [0.1, 0.15) is 6.42 Å². The fourth-order valence-electron chi connectivity index (χ4n) is 1.11. The van der Waals surface area contributed by atoms with Crippen molar-refractivity contribution < 1.29 is 33.3 Å². The molecule has 0 heterocycles. The standard InChI is InChI=1S/C10H8F2O5/c1-17-7(14)3-6(13)4-2-5(11)8(12)10(16)9(4)15/h2,15-16H,3H2,1H3. The molecule has 0 aliphatic heterocycles. The third-order valence-corrected chi connectivity index (χ3v) is 2.00. The molecule has 1 rings (SSSR count). The third-order valence-electron chi connectivity index (χ3n) is 2.00. The van der Waals surface area contributed by atoms with Gasteiger partial charge in [0.15, 0.2) is 23.1 Å². The van der Waals surface area contributed by atoms with Gasteiger partial charge in [0.2, 0.25) is 5.82 Å². The van der Waals surface area contributed by atoms with E-state index >= 15 is 0 Å². The number of hydrogen-bond donors (Lipinski definition) is 2. The predicted molar refractivity (Wildman–Crippen MR) is 50.7 cm³/mol. The van der Waals surface area contributed by atoms with Crippen LogP contribution < -0.4 is 0 Å². The Balaban J connectivity index is 3.15. The van der Waals surface area contributed by atoms with Gasteiger partial charge in [-0.25, -0.2) is 4.39 Å². The summed E-state index contributed by atoms with van der Waals surface area (Å²) in [5.74, 6) is -7.57. The van der Waals surface area contributed by atoms with Gasteiger partial charge in [-0.05, 0) is 6.07 Å². The molecule has 0 bridgehead atoms. The molecule has 0 aliphatic carbocycles. The number of hydrogen-bond acceptors (Lipinski definition) is 5. The van der Waals surface area contributed by atoms with E-state index in [9.17, 15) is 23.5 Å². The number of ether oxygens (including phenoxy) is 1. The molecule has 0 amide bonds. The van der Waals surface area contributed by atoms with Crippen LogP contribution in [0.15, 0.2) is 6.07 Å². The fourth-order valence-corrected chi connectivity index (χ4v) is 1.11. The van der Waals surface area contributed by atoms with Crippen LogP contribution in [0.25, 0.3) is 0 Å². The van der Waals surface area contributed by atoms with E-state index in [0.29, 0.717) is 6.07 Å². The van der Waals surface area contributed by atoms with Crippen LogP contribution in [-0.2, 0) is 9.53 Å². The molecule has 0 saturated heterocycles. The van der Waals surface area contributed by atoms with Gasteiger partial charge in [-0.1, -0.05) is 0 Å². The summed E-state index contributed by atoms with van der Waals surface area (Å²) in [6.45, 7) is 0. The fraction of sp³-hybridized carbons (Fsp3) is 0.200. The predicted octanol–water partition coefficient (Wildman–Crippen LogP) is 1.12. The maximum atomic E-state index is 12.9. The van der Waals surface area contributed by atoms with Crippen molar-refractivity contribution in [1.82, 2.24) is 0 Å². The Hall–Kier alpha value is -2.18. The van der Waals surface area contributed by atoms with Crippen LogP contribution in [0.4, 0.5) is 8.78 Å². The van der Waals surface area contributed by atoms with Crippen LogP contribution in [0.5, 0.6) is 11.5 Å². The Morgan fingerprint density at radius 1 is 1.29 bits per heavy atom. The molecule has 17 heavy (non-hydrogen) atoms. The average Bonchev–Trinajstić information content (AvgIpc) is 2.30. The number of esters is 1. The Morgan fingerprint density at radius 2 is 1.88 bits per heavy atom. The molecule has 0 aromatic heterocycles. The zero-order valence-electron chi connectivity index (χ0n) is 8.66. The molecule has 0 unspecified atom stereocenters. The summed E-state index contributed by atoms with van der Waals surface area (Å²) in [6.07, 6.45) is -0.755. The van der Waals surface area contributed by atoms with Gasteiger partial charge in [0, 0.05) is 0 Å². The molecule has 0 radical (unpaired) electrons. The quantitative estimate of drug-likeness (QED) is 0.361. The first kappa shape index (κ1) is 12.9. The van der Waals surface area contributed by atoms with E-state index < -0.39 is 46.9 Å². The zero-order chi connectivity index (χ0) is 13.2. The molecule has 0 saturated carbocycles. The van der Waals surface area contributed by atoms with Crippen LogP contribution in [0, 0.1) is 11.6 Å². The molecule has 0 spiro atoms. The molecular weight excluding hydrogens is 238 g/mol. The number of aromatic hydroxyl groups is 2. The molecule has 0 aliphatic rings. The number of rotatable bonds is 3. The number of Topliss-reactive ketones (excluding diaryl/α,β-unsaturated/α-hetero) is 1. The first-order valence-corrected chi connectivity index (χ1v) is 4.38. The van der Waals surface area contributed by atoms with Crippen LogP contribution in [0.2, 0.25) is 0 Å². The van der Waals surface area contributed by atoms with Gasteiger partial charge >= 0.3 is 5.97 Å². The molecule has 1 aromatic carbocycles. The second-order valence-electron chi connectivity index (χ2n) is 3.09. The molecule has 2 N–H and O–H groups in total. The topological polar surface area (TPSA) is 83.8 Å². The maximum absolute atomic E-state index is 12.9. The lowest BCUT2D eigenvalue weighted by atomic mass is 10.1. The molecule has 5 nitrogen and oxygen atoms in total. The molecule has 1 aromatic rings. The number of ketones is 1. The minimum atomic E-state index is -1.67. The van der Waals surface area contributed by atoms with E-state index in [1.54, 1.807) is 0 Å². The number of methoxy groups -OCH3 is 1. The third kappa shape index (κ3) is 2.49. The van der Waals surface area contributed by atoms with Crippen LogP contribution >= 0.6 is 0 Å². The maximum Gasteiger partial charge on any atom is 0.313 e. The lowest BCUT2D eigenvalue weighted by Gasteiger charge is -2.06. The highest BCUT2D eigenvalue weighted by Gasteiger charge is 2.23. The molecule has 7 heteroatoms. The van der Waals surface area contributed by atoms with Gasteiger partial charge in [0.25, 0.3) is 0 Å². The van der Waals surface area contributed by atoms with Crippen LogP contribution in [-0.4, -0.2) is 29.1 Å². The highest BCUT2D eigenvalue weighted by atomic mass is 19.2. The normalized spacial score (nSPS) is 10.1. The van der Waals surface area contributed by atoms with Crippen molar-refractivity contribution in [1.29, 1.82) is 0 Å². The van der Waals surface area contributed by atoms with Crippen molar-refractivity contribution in [2.45, 2.75) is 6.42 Å². The largest absolute Gasteiger partial charge is 0.504 e. The summed E-state index contributed by atoms with van der Waals surface area (Å²) in [6, 6.07) is 0.398. The van der Waals surface area contributed by atoms with Gasteiger partial charge in [0.05, 0.1) is 12.7 Å². The summed E-state index contributed by atoms with van der Waals surface area (Å²) in [5.41, 5.74) is -0.688. The van der Waals surface area contributed by atoms with Crippen LogP contribution in [0.1, 0.15) is 16.8 Å². The minimum absolute atomic E-state index is 0.398. The Morgan fingerprint density at radius 3 is 2.41 bits per heavy atom. The molecular formula is C10H8F2O5. The monoisotopic (exact) mass is 246 g/mol. The number of carbonyl (C=O) groups is 2. The molecule has 92 valence electrons. The highest BCUT2D eigenvalue weighted by molar-refractivity contribution is 6.07. The lowest BCUT2D eigenvalue weighted by molar-refractivity contribution is -0.139. The Labute approximate surface area is 94.2 Å². The van der Waals surface area contributed by atoms with E-state index in [2.05, 4.69) is 4.74 Å². The van der Waals surface area contributed by atoms with Crippen molar-refractivity contribution in [3.05, 3.63) is 23.3 Å². The number of carbonyl (C=O) groups excluding carboxylic acids is 2. The summed E-state index contributed by atoms with van der Waals surface area (Å²) in [7, 11) is 1.04. The van der Waals surface area contributed by atoms with Gasteiger partial charge in [-0.15, -0.1) is 0 Å². The summed E-state index contributed by atoms with van der Waals surface area (Å²) < 4.78 is 29.9. The second-order valence-corrected chi connectivity index (χ2v) is 3.09. The van der Waals surface area contributed by atoms with Crippen molar-refractivity contribution in [2.24, 2.45) is 0 Å². The van der Waals surface area contributed by atoms with Crippen molar-refractivity contribution in [2.75, 3.05) is 7.11 Å². The van der Waals surface area contributed by atoms with Gasteiger partial charge < -0.3 is 14.9 Å². The number of phenols is 2. The van der Waals surface area contributed by atoms with Gasteiger partial charge in [-0.3, -0.25) is 9.59 Å². The smallest absolute Gasteiger partial charge is 0.313 e. The van der Waals surface area contributed by atoms with E-state index in [-0.39, 0.29) is 0 Å². The van der Waals surface area contributed by atoms with Crippen molar-refractivity contribution in [3.8, 4) is 11.5 Å². The lowest BCUT2D eigenvalue weighted by Crippen LogP contribution is -2.10. The van der Waals surface area contributed by atoms with Crippen LogP contribution in [0.3, 0.4) is 0 Å². The summed E-state index contributed by atoms with van der Waals surface area (Å²) >= 11 is 0. The van der Waals surface area contributed by atoms with E-state index in [1.807, 2.05) is 0 Å². The average molecular weight is 246 g/mol. The van der Waals surface area contributed by atoms with Crippen molar-refractivity contribution in [3.63, 3.8) is 0 Å². The first-order valence-electron chi connectivity index (χ1n) is 4.38. The SMILES string of the molecule is COC(=O)CC(=O)c1cc(F)c(F)c(O)c1O. The molecule has 0 fully saturated rings.